The summed E-state index contributed by atoms with van der Waals surface area (Å²) in [5.74, 6) is 0. The van der Waals surface area contributed by atoms with Crippen molar-refractivity contribution >= 4 is 6.29 Å². The highest BCUT2D eigenvalue weighted by molar-refractivity contribution is 5.44. The summed E-state index contributed by atoms with van der Waals surface area (Å²) in [6, 6.07) is 0. The zero-order chi connectivity index (χ0) is 7.54. The van der Waals surface area contributed by atoms with Gasteiger partial charge in [0.05, 0.1) is 13.2 Å². The van der Waals surface area contributed by atoms with Gasteiger partial charge in [0, 0.05) is 0 Å². The Hall–Kier alpha value is -0.410. The van der Waals surface area contributed by atoms with Gasteiger partial charge in [-0.05, 0) is 20.8 Å². The molecule has 0 spiro atoms. The third kappa shape index (κ3) is 35.4. The van der Waals surface area contributed by atoms with Crippen LogP contribution in [-0.2, 0) is 14.6 Å². The first-order valence-electron chi connectivity index (χ1n) is 2.97. The van der Waals surface area contributed by atoms with E-state index in [2.05, 4.69) is 9.78 Å². The zero-order valence-electron chi connectivity index (χ0n) is 6.22. The molecule has 0 amide bonds. The lowest BCUT2D eigenvalue weighted by Crippen LogP contribution is -1.90. The topological polar surface area (TPSA) is 35.5 Å². The van der Waals surface area contributed by atoms with Crippen molar-refractivity contribution in [2.45, 2.75) is 20.8 Å². The van der Waals surface area contributed by atoms with Gasteiger partial charge in [0.1, 0.15) is 6.29 Å². The van der Waals surface area contributed by atoms with Gasteiger partial charge >= 0.3 is 0 Å². The average Bonchev–Trinajstić information content (AvgIpc) is 1.86. The molecule has 0 aliphatic rings. The fraction of sp³-hybridized carbons (Fsp3) is 0.833. The predicted molar refractivity (Wildman–Crippen MR) is 35.0 cm³/mol. The van der Waals surface area contributed by atoms with E-state index in [0.717, 1.165) is 6.29 Å². The summed E-state index contributed by atoms with van der Waals surface area (Å²) >= 11 is 0. The van der Waals surface area contributed by atoms with Crippen molar-refractivity contribution in [1.82, 2.24) is 0 Å². The van der Waals surface area contributed by atoms with Gasteiger partial charge < -0.3 is 4.79 Å². The molecule has 0 bridgehead atoms. The maximum Gasteiger partial charge on any atom is 0.116 e. The van der Waals surface area contributed by atoms with E-state index < -0.39 is 0 Å². The van der Waals surface area contributed by atoms with Crippen LogP contribution < -0.4 is 0 Å². The largest absolute Gasteiger partial charge is 0.304 e. The van der Waals surface area contributed by atoms with E-state index >= 15 is 0 Å². The fourth-order valence-corrected chi connectivity index (χ4v) is 0.167. The van der Waals surface area contributed by atoms with Crippen molar-refractivity contribution < 1.29 is 14.6 Å². The first-order valence-corrected chi connectivity index (χ1v) is 2.97. The number of hydrogen-bond acceptors (Lipinski definition) is 3. The third-order valence-corrected chi connectivity index (χ3v) is 0.319. The van der Waals surface area contributed by atoms with Gasteiger partial charge in [-0.1, -0.05) is 0 Å². The number of rotatable bonds is 3. The minimum atomic E-state index is 0.633. The fourth-order valence-electron chi connectivity index (χ4n) is 0.167. The predicted octanol–water partition coefficient (Wildman–Crippen LogP) is 1.18. The average molecular weight is 134 g/mol. The molecule has 0 rings (SSSR count). The molecular formula is C6H14O3. The highest BCUT2D eigenvalue weighted by Gasteiger charge is 1.71. The first-order chi connectivity index (χ1) is 4.33. The van der Waals surface area contributed by atoms with Gasteiger partial charge in [0.15, 0.2) is 0 Å². The van der Waals surface area contributed by atoms with Crippen molar-refractivity contribution in [3.8, 4) is 0 Å². The van der Waals surface area contributed by atoms with Crippen LogP contribution >= 0.6 is 0 Å². The van der Waals surface area contributed by atoms with Crippen LogP contribution in [0, 0.1) is 0 Å². The van der Waals surface area contributed by atoms with Crippen molar-refractivity contribution in [1.29, 1.82) is 0 Å². The van der Waals surface area contributed by atoms with Gasteiger partial charge in [-0.2, -0.15) is 0 Å². The molecule has 56 valence electrons. The van der Waals surface area contributed by atoms with Crippen molar-refractivity contribution in [2.75, 3.05) is 13.2 Å². The summed E-state index contributed by atoms with van der Waals surface area (Å²) in [4.78, 5) is 17.8. The van der Waals surface area contributed by atoms with Gasteiger partial charge in [-0.25, -0.2) is 9.78 Å². The van der Waals surface area contributed by atoms with Crippen LogP contribution in [0.3, 0.4) is 0 Å². The summed E-state index contributed by atoms with van der Waals surface area (Å²) in [5, 5.41) is 0. The Balaban J connectivity index is 0. The minimum Gasteiger partial charge on any atom is -0.304 e. The quantitative estimate of drug-likeness (QED) is 0.251. The van der Waals surface area contributed by atoms with Crippen molar-refractivity contribution in [2.24, 2.45) is 0 Å². The zero-order valence-corrected chi connectivity index (χ0v) is 6.22. The molecule has 3 heteroatoms. The van der Waals surface area contributed by atoms with Crippen LogP contribution in [0.4, 0.5) is 0 Å². The number of hydrogen-bond donors (Lipinski definition) is 0. The molecule has 0 unspecified atom stereocenters. The molecule has 0 saturated carbocycles. The summed E-state index contributed by atoms with van der Waals surface area (Å²) in [6.07, 6.45) is 0.750. The Labute approximate surface area is 55.9 Å². The second-order valence-corrected chi connectivity index (χ2v) is 1.05. The number of aldehydes is 1. The Kier molecular flexibility index (Phi) is 19.8. The van der Waals surface area contributed by atoms with Crippen LogP contribution in [0.1, 0.15) is 20.8 Å². The van der Waals surface area contributed by atoms with Gasteiger partial charge in [-0.3, -0.25) is 0 Å². The Morgan fingerprint density at radius 2 is 1.44 bits per heavy atom. The second kappa shape index (κ2) is 15.6. The lowest BCUT2D eigenvalue weighted by Gasteiger charge is -1.92. The van der Waals surface area contributed by atoms with E-state index in [1.807, 2.05) is 13.8 Å². The molecule has 0 aliphatic carbocycles. The summed E-state index contributed by atoms with van der Waals surface area (Å²) in [6.45, 7) is 6.48. The van der Waals surface area contributed by atoms with E-state index in [4.69, 9.17) is 4.79 Å². The molecule has 0 fully saturated rings. The van der Waals surface area contributed by atoms with E-state index in [0.29, 0.717) is 13.2 Å². The molecule has 0 aromatic carbocycles. The van der Waals surface area contributed by atoms with Gasteiger partial charge in [0.25, 0.3) is 0 Å². The SMILES string of the molecule is CC=O.CCOOCC. The summed E-state index contributed by atoms with van der Waals surface area (Å²) in [5.41, 5.74) is 0. The van der Waals surface area contributed by atoms with E-state index in [1.165, 1.54) is 6.92 Å². The van der Waals surface area contributed by atoms with Crippen LogP contribution in [0.5, 0.6) is 0 Å². The maximum atomic E-state index is 8.81. The molecule has 0 radical (unpaired) electrons. The first kappa shape index (κ1) is 11.4. The van der Waals surface area contributed by atoms with E-state index in [-0.39, 0.29) is 0 Å². The molecule has 0 N–H and O–H groups in total. The molecule has 9 heavy (non-hydrogen) atoms. The van der Waals surface area contributed by atoms with Gasteiger partial charge in [-0.15, -0.1) is 0 Å². The van der Waals surface area contributed by atoms with Crippen LogP contribution in [0.15, 0.2) is 0 Å². The molecule has 0 aromatic heterocycles. The van der Waals surface area contributed by atoms with Crippen LogP contribution in [0.25, 0.3) is 0 Å². The molecular weight excluding hydrogens is 120 g/mol. The second-order valence-electron chi connectivity index (χ2n) is 1.05. The molecule has 0 aliphatic heterocycles. The highest BCUT2D eigenvalue weighted by atomic mass is 17.2. The van der Waals surface area contributed by atoms with Gasteiger partial charge in [0.2, 0.25) is 0 Å². The van der Waals surface area contributed by atoms with Crippen LogP contribution in [-0.4, -0.2) is 19.5 Å². The summed E-state index contributed by atoms with van der Waals surface area (Å²) in [7, 11) is 0. The molecule has 0 atom stereocenters. The standard InChI is InChI=1S/C4H10O2.C2H4O/c1-3-5-6-4-2;1-2-3/h3-4H2,1-2H3;2H,1H3. The van der Waals surface area contributed by atoms with Crippen LogP contribution in [0.2, 0.25) is 0 Å². The molecule has 3 nitrogen and oxygen atoms in total. The van der Waals surface area contributed by atoms with E-state index in [1.54, 1.807) is 0 Å². The number of carbonyl (C=O) groups is 1. The van der Waals surface area contributed by atoms with Crippen molar-refractivity contribution in [3.05, 3.63) is 0 Å². The normalized spacial score (nSPS) is 7.44. The lowest BCUT2D eigenvalue weighted by molar-refractivity contribution is -0.287. The summed E-state index contributed by atoms with van der Waals surface area (Å²) < 4.78 is 0. The van der Waals surface area contributed by atoms with E-state index in [9.17, 15) is 0 Å². The van der Waals surface area contributed by atoms with Crippen molar-refractivity contribution in [3.63, 3.8) is 0 Å². The third-order valence-electron chi connectivity index (χ3n) is 0.319. The molecule has 0 aromatic rings. The highest BCUT2D eigenvalue weighted by Crippen LogP contribution is 1.72. The Bertz CT molecular complexity index is 41.6. The maximum absolute atomic E-state index is 8.81. The monoisotopic (exact) mass is 134 g/mol. The molecule has 0 heterocycles. The minimum absolute atomic E-state index is 0.633. The number of carbonyl (C=O) groups excluding carboxylic acids is 1. The Morgan fingerprint density at radius 3 is 1.56 bits per heavy atom. The lowest BCUT2D eigenvalue weighted by atomic mass is 10.9. The molecule has 0 saturated heterocycles. The Morgan fingerprint density at radius 1 is 1.22 bits per heavy atom. The smallest absolute Gasteiger partial charge is 0.116 e.